The van der Waals surface area contributed by atoms with Crippen molar-refractivity contribution < 1.29 is 4.92 Å². The van der Waals surface area contributed by atoms with Crippen LogP contribution in [0.25, 0.3) is 5.95 Å². The van der Waals surface area contributed by atoms with E-state index in [0.29, 0.717) is 0 Å². The molecule has 0 aliphatic heterocycles. The average Bonchev–Trinajstić information content (AvgIpc) is 2.75. The van der Waals surface area contributed by atoms with Gasteiger partial charge in [0, 0.05) is 12.4 Å². The largest absolute Gasteiger partial charge is 0.455 e. The minimum Gasteiger partial charge on any atom is -0.390 e. The summed E-state index contributed by atoms with van der Waals surface area (Å²) >= 11 is 0. The molecule has 0 spiro atoms. The zero-order valence-corrected chi connectivity index (χ0v) is 6.41. The van der Waals surface area contributed by atoms with Crippen LogP contribution in [0.15, 0.2) is 24.5 Å². The van der Waals surface area contributed by atoms with E-state index >= 15 is 0 Å². The van der Waals surface area contributed by atoms with E-state index in [1.807, 2.05) is 0 Å². The lowest BCUT2D eigenvalue weighted by molar-refractivity contribution is -0.394. The van der Waals surface area contributed by atoms with Crippen LogP contribution < -0.4 is 0 Å². The van der Waals surface area contributed by atoms with Crippen LogP contribution in [0.5, 0.6) is 0 Å². The lowest BCUT2D eigenvalue weighted by Crippen LogP contribution is -1.93. The molecule has 0 radical (unpaired) electrons. The summed E-state index contributed by atoms with van der Waals surface area (Å²) in [6.07, 6.45) is 3.40. The highest BCUT2D eigenvalue weighted by atomic mass is 16.6. The van der Waals surface area contributed by atoms with Crippen LogP contribution in [0.3, 0.4) is 0 Å². The van der Waals surface area contributed by atoms with E-state index in [1.165, 1.54) is 0 Å². The van der Waals surface area contributed by atoms with Gasteiger partial charge in [0.25, 0.3) is 0 Å². The number of nitrogens with one attached hydrogen (secondary N) is 1. The van der Waals surface area contributed by atoms with Gasteiger partial charge in [-0.1, -0.05) is 5.10 Å². The predicted octanol–water partition coefficient (Wildman–Crippen LogP) is 0.504. The van der Waals surface area contributed by atoms with E-state index in [-0.39, 0.29) is 11.9 Å². The molecular weight excluding hydrogens is 174 g/mol. The fourth-order valence-electron chi connectivity index (χ4n) is 0.910. The highest BCUT2D eigenvalue weighted by Gasteiger charge is 2.13. The molecular formula is C6H5N5O2. The van der Waals surface area contributed by atoms with Gasteiger partial charge in [-0.2, -0.15) is 0 Å². The van der Waals surface area contributed by atoms with Crippen molar-refractivity contribution in [2.45, 2.75) is 0 Å². The number of aromatic amines is 1. The van der Waals surface area contributed by atoms with Crippen molar-refractivity contribution in [1.29, 1.82) is 0 Å². The van der Waals surface area contributed by atoms with Gasteiger partial charge in [0.2, 0.25) is 0 Å². The average molecular weight is 179 g/mol. The summed E-state index contributed by atoms with van der Waals surface area (Å²) in [7, 11) is 0. The van der Waals surface area contributed by atoms with Crippen molar-refractivity contribution in [3.63, 3.8) is 0 Å². The Morgan fingerprint density at radius 2 is 2.15 bits per heavy atom. The maximum absolute atomic E-state index is 10.2. The third-order valence-corrected chi connectivity index (χ3v) is 1.47. The van der Waals surface area contributed by atoms with Gasteiger partial charge in [0.1, 0.15) is 0 Å². The lowest BCUT2D eigenvalue weighted by Gasteiger charge is -1.87. The number of rotatable bonds is 2. The maximum atomic E-state index is 10.2. The zero-order valence-electron chi connectivity index (χ0n) is 6.41. The van der Waals surface area contributed by atoms with Crippen molar-refractivity contribution in [3.05, 3.63) is 34.6 Å². The van der Waals surface area contributed by atoms with Gasteiger partial charge in [0.15, 0.2) is 0 Å². The van der Waals surface area contributed by atoms with Crippen molar-refractivity contribution in [2.24, 2.45) is 0 Å². The molecule has 13 heavy (non-hydrogen) atoms. The third-order valence-electron chi connectivity index (χ3n) is 1.47. The topological polar surface area (TPSA) is 89.6 Å². The molecule has 0 fully saturated rings. The standard InChI is InChI=1S/C6H5N5O2/c12-11(13)6-7-5(8-9-6)10-3-1-2-4-10/h1-4H,(H,7,8,9). The lowest BCUT2D eigenvalue weighted by atomic mass is 10.7. The maximum Gasteiger partial charge on any atom is 0.455 e. The molecule has 2 heterocycles. The molecule has 0 bridgehead atoms. The Labute approximate surface area is 72.2 Å². The Hall–Kier alpha value is -2.18. The Morgan fingerprint density at radius 1 is 1.46 bits per heavy atom. The third kappa shape index (κ3) is 1.26. The summed E-state index contributed by atoms with van der Waals surface area (Å²) in [6.45, 7) is 0. The predicted molar refractivity (Wildman–Crippen MR) is 42.4 cm³/mol. The van der Waals surface area contributed by atoms with Crippen LogP contribution in [-0.4, -0.2) is 24.7 Å². The van der Waals surface area contributed by atoms with Crippen LogP contribution in [0.1, 0.15) is 0 Å². The van der Waals surface area contributed by atoms with E-state index in [1.54, 1.807) is 29.1 Å². The fraction of sp³-hybridized carbons (Fsp3) is 0. The highest BCUT2D eigenvalue weighted by Crippen LogP contribution is 2.05. The highest BCUT2D eigenvalue weighted by molar-refractivity contribution is 5.17. The first-order valence-corrected chi connectivity index (χ1v) is 3.47. The normalized spacial score (nSPS) is 10.2. The van der Waals surface area contributed by atoms with Crippen LogP contribution in [0.2, 0.25) is 0 Å². The van der Waals surface area contributed by atoms with Crippen molar-refractivity contribution in [2.75, 3.05) is 0 Å². The van der Waals surface area contributed by atoms with E-state index in [0.717, 1.165) is 0 Å². The molecule has 2 aromatic rings. The number of hydrogen-bond donors (Lipinski definition) is 1. The van der Waals surface area contributed by atoms with E-state index in [9.17, 15) is 10.1 Å². The van der Waals surface area contributed by atoms with Gasteiger partial charge in [-0.15, -0.1) is 5.10 Å². The minimum atomic E-state index is -0.625. The minimum absolute atomic E-state index is 0.261. The molecule has 0 saturated heterocycles. The molecule has 7 nitrogen and oxygen atoms in total. The van der Waals surface area contributed by atoms with Gasteiger partial charge in [-0.05, 0) is 22.0 Å². The van der Waals surface area contributed by atoms with Crippen LogP contribution in [0.4, 0.5) is 5.95 Å². The van der Waals surface area contributed by atoms with Crippen molar-refractivity contribution in [1.82, 2.24) is 19.7 Å². The van der Waals surface area contributed by atoms with Crippen LogP contribution >= 0.6 is 0 Å². The fourth-order valence-corrected chi connectivity index (χ4v) is 0.910. The Bertz CT molecular complexity index is 418. The molecule has 0 unspecified atom stereocenters. The summed E-state index contributed by atoms with van der Waals surface area (Å²) in [5, 5.41) is 16.1. The smallest absolute Gasteiger partial charge is 0.390 e. The SMILES string of the molecule is O=[N+]([O-])c1nc(-n2cccc2)n[nH]1. The van der Waals surface area contributed by atoms with Gasteiger partial charge >= 0.3 is 11.9 Å². The second kappa shape index (κ2) is 2.70. The van der Waals surface area contributed by atoms with E-state index in [4.69, 9.17) is 0 Å². The first-order valence-electron chi connectivity index (χ1n) is 3.47. The molecule has 0 amide bonds. The monoisotopic (exact) mass is 179 g/mol. The molecule has 2 aromatic heterocycles. The molecule has 0 atom stereocenters. The molecule has 2 rings (SSSR count). The molecule has 66 valence electrons. The summed E-state index contributed by atoms with van der Waals surface area (Å²) in [5.41, 5.74) is 0. The molecule has 0 aliphatic rings. The quantitative estimate of drug-likeness (QED) is 0.537. The second-order valence-electron chi connectivity index (χ2n) is 2.31. The summed E-state index contributed by atoms with van der Waals surface area (Å²) in [5.74, 6) is -0.0969. The van der Waals surface area contributed by atoms with Gasteiger partial charge in [-0.3, -0.25) is 4.57 Å². The first kappa shape index (κ1) is 7.47. The van der Waals surface area contributed by atoms with Crippen LogP contribution in [0, 0.1) is 10.1 Å². The molecule has 0 aliphatic carbocycles. The number of nitro groups is 1. The second-order valence-corrected chi connectivity index (χ2v) is 2.31. The number of nitrogens with zero attached hydrogens (tertiary/aromatic N) is 4. The Balaban J connectivity index is 2.39. The molecule has 7 heteroatoms. The summed E-state index contributed by atoms with van der Waals surface area (Å²) in [4.78, 5) is 13.3. The Morgan fingerprint density at radius 3 is 2.69 bits per heavy atom. The Kier molecular flexibility index (Phi) is 1.55. The molecule has 0 aromatic carbocycles. The van der Waals surface area contributed by atoms with Crippen molar-refractivity contribution in [3.8, 4) is 5.95 Å². The van der Waals surface area contributed by atoms with E-state index < -0.39 is 4.92 Å². The summed E-state index contributed by atoms with van der Waals surface area (Å²) in [6, 6.07) is 3.56. The molecule has 0 saturated carbocycles. The van der Waals surface area contributed by atoms with Gasteiger partial charge in [0.05, 0.1) is 0 Å². The van der Waals surface area contributed by atoms with Crippen molar-refractivity contribution >= 4 is 5.95 Å². The van der Waals surface area contributed by atoms with Gasteiger partial charge < -0.3 is 10.1 Å². The number of aromatic nitrogens is 4. The summed E-state index contributed by atoms with van der Waals surface area (Å²) < 4.78 is 1.57. The van der Waals surface area contributed by atoms with E-state index in [2.05, 4.69) is 15.2 Å². The number of hydrogen-bond acceptors (Lipinski definition) is 4. The first-order chi connectivity index (χ1) is 6.27. The molecule has 1 N–H and O–H groups in total. The number of H-pyrrole nitrogens is 1. The van der Waals surface area contributed by atoms with Crippen LogP contribution in [-0.2, 0) is 0 Å². The zero-order chi connectivity index (χ0) is 9.26. The van der Waals surface area contributed by atoms with Gasteiger partial charge in [-0.25, -0.2) is 0 Å².